The van der Waals surface area contributed by atoms with Gasteiger partial charge in [-0.3, -0.25) is 0 Å². The minimum Gasteiger partial charge on any atom is -0.456 e. The van der Waals surface area contributed by atoms with Gasteiger partial charge in [-0.1, -0.05) is 19.6 Å². The molecule has 0 N–H and O–H groups in total. The molecule has 0 saturated carbocycles. The van der Waals surface area contributed by atoms with E-state index >= 15 is 0 Å². The molecule has 0 radical (unpaired) electrons. The SMILES string of the molecule is CC1(C)OB(c2cc([Si](C)(C)C)oc2C#N)OC1(C)C. The first-order valence-electron chi connectivity index (χ1n) is 6.88. The van der Waals surface area contributed by atoms with E-state index in [0.29, 0.717) is 11.2 Å². The summed E-state index contributed by atoms with van der Waals surface area (Å²) in [6, 6.07) is 4.05. The molecule has 0 spiro atoms. The Morgan fingerprint density at radius 3 is 2.00 bits per heavy atom. The highest BCUT2D eigenvalue weighted by Crippen LogP contribution is 2.36. The maximum atomic E-state index is 9.28. The third-order valence-corrected chi connectivity index (χ3v) is 5.83. The fraction of sp³-hybridized carbons (Fsp3) is 0.643. The lowest BCUT2D eigenvalue weighted by Gasteiger charge is -2.32. The number of hydrogen-bond acceptors (Lipinski definition) is 4. The van der Waals surface area contributed by atoms with Crippen LogP contribution in [0.25, 0.3) is 0 Å². The summed E-state index contributed by atoms with van der Waals surface area (Å²) >= 11 is 0. The zero-order valence-electron chi connectivity index (χ0n) is 13.3. The largest absolute Gasteiger partial charge is 0.499 e. The molecular formula is C14H22BNO3Si. The number of rotatable bonds is 2. The Kier molecular flexibility index (Phi) is 3.45. The highest BCUT2D eigenvalue weighted by molar-refractivity contribution is 6.88. The summed E-state index contributed by atoms with van der Waals surface area (Å²) in [5, 5.41) is 10.2. The Morgan fingerprint density at radius 2 is 1.60 bits per heavy atom. The molecule has 108 valence electrons. The minimum absolute atomic E-state index is 0.306. The second-order valence-electron chi connectivity index (χ2n) is 7.35. The molecule has 0 amide bonds. The van der Waals surface area contributed by atoms with Crippen molar-refractivity contribution in [2.24, 2.45) is 0 Å². The van der Waals surface area contributed by atoms with Crippen molar-refractivity contribution in [1.82, 2.24) is 0 Å². The third kappa shape index (κ3) is 2.46. The lowest BCUT2D eigenvalue weighted by molar-refractivity contribution is 0.00578. The van der Waals surface area contributed by atoms with Crippen molar-refractivity contribution in [2.75, 3.05) is 0 Å². The lowest BCUT2D eigenvalue weighted by atomic mass is 9.79. The van der Waals surface area contributed by atoms with Gasteiger partial charge in [-0.15, -0.1) is 0 Å². The van der Waals surface area contributed by atoms with E-state index in [1.165, 1.54) is 0 Å². The molecule has 1 aliphatic heterocycles. The second-order valence-corrected chi connectivity index (χ2v) is 12.3. The molecule has 1 aromatic rings. The Hall–Kier alpha value is -1.03. The smallest absolute Gasteiger partial charge is 0.456 e. The average molecular weight is 291 g/mol. The molecular weight excluding hydrogens is 269 g/mol. The van der Waals surface area contributed by atoms with Gasteiger partial charge in [0.25, 0.3) is 0 Å². The highest BCUT2D eigenvalue weighted by Gasteiger charge is 2.53. The van der Waals surface area contributed by atoms with Crippen LogP contribution in [0.3, 0.4) is 0 Å². The van der Waals surface area contributed by atoms with Crippen LogP contribution in [-0.4, -0.2) is 26.4 Å². The van der Waals surface area contributed by atoms with Gasteiger partial charge in [0.05, 0.1) is 16.6 Å². The Morgan fingerprint density at radius 1 is 1.10 bits per heavy atom. The zero-order chi connectivity index (χ0) is 15.3. The van der Waals surface area contributed by atoms with Crippen molar-refractivity contribution in [2.45, 2.75) is 58.5 Å². The van der Waals surface area contributed by atoms with Crippen LogP contribution in [0.5, 0.6) is 0 Å². The van der Waals surface area contributed by atoms with Crippen LogP contribution in [0.15, 0.2) is 10.5 Å². The van der Waals surface area contributed by atoms with Crippen LogP contribution in [0.1, 0.15) is 33.5 Å². The average Bonchev–Trinajstić information content (AvgIpc) is 2.77. The molecule has 4 nitrogen and oxygen atoms in total. The maximum Gasteiger partial charge on any atom is 0.499 e. The van der Waals surface area contributed by atoms with Gasteiger partial charge >= 0.3 is 7.12 Å². The Balaban J connectivity index is 2.41. The van der Waals surface area contributed by atoms with Gasteiger partial charge in [-0.05, 0) is 33.8 Å². The fourth-order valence-electron chi connectivity index (χ4n) is 2.01. The van der Waals surface area contributed by atoms with Gasteiger partial charge in [-0.2, -0.15) is 5.26 Å². The van der Waals surface area contributed by atoms with Crippen LogP contribution in [0.2, 0.25) is 19.6 Å². The Labute approximate surface area is 122 Å². The van der Waals surface area contributed by atoms with Crippen LogP contribution in [0.4, 0.5) is 0 Å². The predicted molar refractivity (Wildman–Crippen MR) is 82.1 cm³/mol. The predicted octanol–water partition coefficient (Wildman–Crippen LogP) is 2.00. The number of furan rings is 1. The van der Waals surface area contributed by atoms with Crippen LogP contribution in [0, 0.1) is 11.3 Å². The van der Waals surface area contributed by atoms with E-state index in [-0.39, 0.29) is 0 Å². The van der Waals surface area contributed by atoms with Gasteiger partial charge < -0.3 is 13.7 Å². The second kappa shape index (κ2) is 4.49. The molecule has 0 atom stereocenters. The van der Waals surface area contributed by atoms with Crippen molar-refractivity contribution >= 4 is 26.0 Å². The van der Waals surface area contributed by atoms with E-state index in [1.54, 1.807) is 0 Å². The summed E-state index contributed by atoms with van der Waals surface area (Å²) < 4.78 is 17.7. The first kappa shape index (κ1) is 15.4. The molecule has 1 saturated heterocycles. The van der Waals surface area contributed by atoms with Crippen molar-refractivity contribution < 1.29 is 13.7 Å². The van der Waals surface area contributed by atoms with Gasteiger partial charge in [0.2, 0.25) is 5.76 Å². The molecule has 0 aliphatic carbocycles. The normalized spacial score (nSPS) is 21.0. The van der Waals surface area contributed by atoms with Crippen molar-refractivity contribution in [1.29, 1.82) is 5.26 Å². The van der Waals surface area contributed by atoms with Crippen molar-refractivity contribution in [3.63, 3.8) is 0 Å². The van der Waals surface area contributed by atoms with Crippen LogP contribution >= 0.6 is 0 Å². The van der Waals surface area contributed by atoms with E-state index < -0.39 is 26.4 Å². The topological polar surface area (TPSA) is 55.4 Å². The van der Waals surface area contributed by atoms with E-state index in [4.69, 9.17) is 13.7 Å². The first-order chi connectivity index (χ1) is 8.98. The monoisotopic (exact) mass is 291 g/mol. The van der Waals surface area contributed by atoms with Gasteiger partial charge in [0, 0.05) is 5.46 Å². The first-order valence-corrected chi connectivity index (χ1v) is 10.4. The standard InChI is InChI=1S/C14H22BNO3Si/c1-13(2)14(3,4)19-15(18-13)10-8-12(20(5,6)7)17-11(10)9-16/h8H,1-7H3. The summed E-state index contributed by atoms with van der Waals surface area (Å²) in [4.78, 5) is 0. The quantitative estimate of drug-likeness (QED) is 0.782. The Bertz CT molecular complexity index is 550. The molecule has 0 aromatic carbocycles. The molecule has 1 fully saturated rings. The van der Waals surface area contributed by atoms with E-state index in [9.17, 15) is 5.26 Å². The number of nitriles is 1. The number of hydrogen-bond donors (Lipinski definition) is 0. The molecule has 0 unspecified atom stereocenters. The summed E-state index contributed by atoms with van der Waals surface area (Å²) in [5.41, 5.74) is -0.120. The van der Waals surface area contributed by atoms with Gasteiger partial charge in [-0.25, -0.2) is 0 Å². The molecule has 20 heavy (non-hydrogen) atoms. The van der Waals surface area contributed by atoms with Crippen LogP contribution in [-0.2, 0) is 9.31 Å². The summed E-state index contributed by atoms with van der Waals surface area (Å²) in [6.45, 7) is 14.5. The molecule has 2 heterocycles. The minimum atomic E-state index is -1.61. The highest BCUT2D eigenvalue weighted by atomic mass is 28.3. The third-order valence-electron chi connectivity index (χ3n) is 4.11. The van der Waals surface area contributed by atoms with Crippen LogP contribution < -0.4 is 10.8 Å². The van der Waals surface area contributed by atoms with Gasteiger partial charge in [0.15, 0.2) is 0 Å². The lowest BCUT2D eigenvalue weighted by Crippen LogP contribution is -2.41. The van der Waals surface area contributed by atoms with E-state index in [0.717, 1.165) is 5.38 Å². The zero-order valence-corrected chi connectivity index (χ0v) is 14.3. The maximum absolute atomic E-state index is 9.28. The number of nitrogens with zero attached hydrogens (tertiary/aromatic N) is 1. The summed E-state index contributed by atoms with van der Waals surface area (Å²) in [5.74, 6) is 0.306. The fourth-order valence-corrected chi connectivity index (χ4v) is 3.00. The van der Waals surface area contributed by atoms with E-state index in [2.05, 4.69) is 25.7 Å². The molecule has 1 aliphatic rings. The summed E-state index contributed by atoms with van der Waals surface area (Å²) in [7, 11) is -2.15. The van der Waals surface area contributed by atoms with Crippen molar-refractivity contribution in [3.05, 3.63) is 11.8 Å². The summed E-state index contributed by atoms with van der Waals surface area (Å²) in [6.07, 6.45) is 0. The van der Waals surface area contributed by atoms with Gasteiger partial charge in [0.1, 0.15) is 14.1 Å². The van der Waals surface area contributed by atoms with Crippen molar-refractivity contribution in [3.8, 4) is 6.07 Å². The molecule has 6 heteroatoms. The van der Waals surface area contributed by atoms with E-state index in [1.807, 2.05) is 33.8 Å². The molecule has 0 bridgehead atoms. The molecule has 2 rings (SSSR count). The molecule has 1 aromatic heterocycles.